The lowest BCUT2D eigenvalue weighted by Crippen LogP contribution is -2.51. The maximum Gasteiger partial charge on any atom is 0.269 e. The zero-order valence-electron chi connectivity index (χ0n) is 16.6. The van der Waals surface area contributed by atoms with Crippen LogP contribution in [0.25, 0.3) is 0 Å². The molecule has 10 heteroatoms. The van der Waals surface area contributed by atoms with Gasteiger partial charge in [0.1, 0.15) is 6.04 Å². The molecule has 4 rings (SSSR count). The molecule has 31 heavy (non-hydrogen) atoms. The summed E-state index contributed by atoms with van der Waals surface area (Å²) in [6, 6.07) is 12.1. The molecule has 1 fully saturated rings. The van der Waals surface area contributed by atoms with Crippen molar-refractivity contribution in [3.8, 4) is 0 Å². The predicted octanol–water partition coefficient (Wildman–Crippen LogP) is 1.38. The Kier molecular flexibility index (Phi) is 5.52. The van der Waals surface area contributed by atoms with Crippen molar-refractivity contribution >= 4 is 34.8 Å². The number of nitrogens with one attached hydrogen (secondary N) is 2. The van der Waals surface area contributed by atoms with Crippen molar-refractivity contribution in [2.24, 2.45) is 0 Å². The van der Waals surface area contributed by atoms with E-state index in [0.717, 1.165) is 5.69 Å². The SMILES string of the molecule is O=C1N[C@@H](CC(=O)N2CCN(c3ccc([N+](=O)[O-])cc3)CC2)C(=O)Nc2ccccc21. The maximum absolute atomic E-state index is 12.8. The van der Waals surface area contributed by atoms with Crippen LogP contribution in [0.1, 0.15) is 16.8 Å². The molecule has 0 spiro atoms. The van der Waals surface area contributed by atoms with E-state index in [4.69, 9.17) is 0 Å². The van der Waals surface area contributed by atoms with Crippen molar-refractivity contribution in [1.29, 1.82) is 0 Å². The minimum Gasteiger partial charge on any atom is -0.368 e. The summed E-state index contributed by atoms with van der Waals surface area (Å²) in [5, 5.41) is 16.1. The number of anilines is 2. The summed E-state index contributed by atoms with van der Waals surface area (Å²) in [5.74, 6) is -1.03. The molecule has 2 N–H and O–H groups in total. The van der Waals surface area contributed by atoms with Crippen molar-refractivity contribution in [1.82, 2.24) is 10.2 Å². The van der Waals surface area contributed by atoms with Crippen molar-refractivity contribution in [3.63, 3.8) is 0 Å². The normalized spacial score (nSPS) is 18.5. The molecular weight excluding hydrogens is 402 g/mol. The number of fused-ring (bicyclic) bond motifs is 1. The number of rotatable bonds is 4. The van der Waals surface area contributed by atoms with Crippen LogP contribution in [0.2, 0.25) is 0 Å². The Labute approximate surface area is 178 Å². The molecule has 0 aliphatic carbocycles. The van der Waals surface area contributed by atoms with E-state index in [9.17, 15) is 24.5 Å². The second kappa shape index (κ2) is 8.42. The van der Waals surface area contributed by atoms with Crippen LogP contribution in [0.15, 0.2) is 48.5 Å². The van der Waals surface area contributed by atoms with Crippen LogP contribution in [-0.2, 0) is 9.59 Å². The van der Waals surface area contributed by atoms with Gasteiger partial charge in [-0.05, 0) is 24.3 Å². The Balaban J connectivity index is 1.34. The van der Waals surface area contributed by atoms with Crippen molar-refractivity contribution in [3.05, 3.63) is 64.2 Å². The third-order valence-electron chi connectivity index (χ3n) is 5.49. The van der Waals surface area contributed by atoms with E-state index in [0.29, 0.717) is 37.4 Å². The molecule has 0 radical (unpaired) electrons. The van der Waals surface area contributed by atoms with Crippen molar-refractivity contribution < 1.29 is 19.3 Å². The zero-order chi connectivity index (χ0) is 22.0. The number of hydrogen-bond donors (Lipinski definition) is 2. The fraction of sp³-hybridized carbons (Fsp3) is 0.286. The molecule has 160 valence electrons. The van der Waals surface area contributed by atoms with Gasteiger partial charge in [-0.3, -0.25) is 24.5 Å². The van der Waals surface area contributed by atoms with E-state index >= 15 is 0 Å². The summed E-state index contributed by atoms with van der Waals surface area (Å²) in [5.41, 5.74) is 1.67. The molecule has 2 aliphatic heterocycles. The zero-order valence-corrected chi connectivity index (χ0v) is 16.6. The van der Waals surface area contributed by atoms with Gasteiger partial charge in [0.25, 0.3) is 11.6 Å². The van der Waals surface area contributed by atoms with Crippen molar-refractivity contribution in [2.45, 2.75) is 12.5 Å². The van der Waals surface area contributed by atoms with Gasteiger partial charge >= 0.3 is 0 Å². The number of piperazine rings is 1. The average Bonchev–Trinajstić information content (AvgIpc) is 2.90. The number of nitro benzene ring substituents is 1. The van der Waals surface area contributed by atoms with Crippen LogP contribution in [0, 0.1) is 10.1 Å². The van der Waals surface area contributed by atoms with E-state index in [2.05, 4.69) is 10.6 Å². The Bertz CT molecular complexity index is 1030. The van der Waals surface area contributed by atoms with Gasteiger partial charge in [-0.15, -0.1) is 0 Å². The van der Waals surface area contributed by atoms with Crippen LogP contribution in [0.3, 0.4) is 0 Å². The highest BCUT2D eigenvalue weighted by Gasteiger charge is 2.31. The number of hydrogen-bond acceptors (Lipinski definition) is 6. The number of carbonyl (C=O) groups excluding carboxylic acids is 3. The maximum atomic E-state index is 12.8. The summed E-state index contributed by atoms with van der Waals surface area (Å²) >= 11 is 0. The smallest absolute Gasteiger partial charge is 0.269 e. The molecule has 0 saturated carbocycles. The molecule has 0 bridgehead atoms. The molecule has 2 aliphatic rings. The van der Waals surface area contributed by atoms with Gasteiger partial charge in [-0.2, -0.15) is 0 Å². The van der Waals surface area contributed by atoms with Gasteiger partial charge in [0, 0.05) is 44.0 Å². The topological polar surface area (TPSA) is 125 Å². The minimum atomic E-state index is -0.944. The van der Waals surface area contributed by atoms with E-state index in [1.807, 2.05) is 4.90 Å². The van der Waals surface area contributed by atoms with E-state index in [1.165, 1.54) is 12.1 Å². The minimum absolute atomic E-state index is 0.0310. The standard InChI is InChI=1S/C21H21N5O5/c27-19(13-18-21(29)22-17-4-2-1-3-16(17)20(28)23-18)25-11-9-24(10-12-25)14-5-7-15(8-6-14)26(30)31/h1-8,18H,9-13H2,(H,22,29)(H,23,28)/t18-/m0/s1. The highest BCUT2D eigenvalue weighted by atomic mass is 16.6. The molecule has 3 amide bonds. The summed E-state index contributed by atoms with van der Waals surface area (Å²) in [7, 11) is 0. The van der Waals surface area contributed by atoms with Crippen LogP contribution < -0.4 is 15.5 Å². The molecular formula is C21H21N5O5. The van der Waals surface area contributed by atoms with E-state index in [-0.39, 0.29) is 18.0 Å². The Morgan fingerprint density at radius 1 is 1.03 bits per heavy atom. The molecule has 1 atom stereocenters. The Hall–Kier alpha value is -3.95. The van der Waals surface area contributed by atoms with Crippen LogP contribution in [0.4, 0.5) is 17.1 Å². The first kappa shape index (κ1) is 20.3. The second-order valence-corrected chi connectivity index (χ2v) is 7.41. The lowest BCUT2D eigenvalue weighted by molar-refractivity contribution is -0.384. The van der Waals surface area contributed by atoms with Gasteiger partial charge in [0.2, 0.25) is 11.8 Å². The number of benzene rings is 2. The van der Waals surface area contributed by atoms with Crippen LogP contribution >= 0.6 is 0 Å². The van der Waals surface area contributed by atoms with Crippen LogP contribution in [-0.4, -0.2) is 59.8 Å². The number of carbonyl (C=O) groups is 3. The summed E-state index contributed by atoms with van der Waals surface area (Å²) < 4.78 is 0. The Morgan fingerprint density at radius 3 is 2.39 bits per heavy atom. The number of nitro groups is 1. The van der Waals surface area contributed by atoms with Crippen LogP contribution in [0.5, 0.6) is 0 Å². The first-order chi connectivity index (χ1) is 14.9. The summed E-state index contributed by atoms with van der Waals surface area (Å²) in [4.78, 5) is 51.7. The molecule has 2 aromatic carbocycles. The van der Waals surface area contributed by atoms with Gasteiger partial charge in [0.15, 0.2) is 0 Å². The monoisotopic (exact) mass is 423 g/mol. The predicted molar refractivity (Wildman–Crippen MR) is 113 cm³/mol. The fourth-order valence-corrected chi connectivity index (χ4v) is 3.76. The molecule has 1 saturated heterocycles. The summed E-state index contributed by atoms with van der Waals surface area (Å²) in [6.45, 7) is 2.05. The molecule has 0 aromatic heterocycles. The highest BCUT2D eigenvalue weighted by molar-refractivity contribution is 6.10. The molecule has 2 aromatic rings. The van der Waals surface area contributed by atoms with Gasteiger partial charge < -0.3 is 20.4 Å². The quantitative estimate of drug-likeness (QED) is 0.566. The largest absolute Gasteiger partial charge is 0.368 e. The van der Waals surface area contributed by atoms with E-state index in [1.54, 1.807) is 41.3 Å². The molecule has 0 unspecified atom stereocenters. The fourth-order valence-electron chi connectivity index (χ4n) is 3.76. The lowest BCUT2D eigenvalue weighted by Gasteiger charge is -2.36. The van der Waals surface area contributed by atoms with Gasteiger partial charge in [-0.25, -0.2) is 0 Å². The van der Waals surface area contributed by atoms with Crippen molar-refractivity contribution in [2.75, 3.05) is 36.4 Å². The molecule has 2 heterocycles. The van der Waals surface area contributed by atoms with Gasteiger partial charge in [-0.1, -0.05) is 12.1 Å². The number of para-hydroxylation sites is 1. The lowest BCUT2D eigenvalue weighted by atomic mass is 10.1. The number of nitrogens with zero attached hydrogens (tertiary/aromatic N) is 3. The third-order valence-corrected chi connectivity index (χ3v) is 5.49. The molecule has 10 nitrogen and oxygen atoms in total. The highest BCUT2D eigenvalue weighted by Crippen LogP contribution is 2.22. The number of non-ortho nitro benzene ring substituents is 1. The third kappa shape index (κ3) is 4.32. The summed E-state index contributed by atoms with van der Waals surface area (Å²) in [6.07, 6.45) is -0.122. The average molecular weight is 423 g/mol. The first-order valence-corrected chi connectivity index (χ1v) is 9.90. The number of amides is 3. The second-order valence-electron chi connectivity index (χ2n) is 7.41. The Morgan fingerprint density at radius 2 is 1.71 bits per heavy atom. The van der Waals surface area contributed by atoms with E-state index < -0.39 is 22.8 Å². The first-order valence-electron chi connectivity index (χ1n) is 9.90. The van der Waals surface area contributed by atoms with Gasteiger partial charge in [0.05, 0.1) is 22.6 Å².